The third kappa shape index (κ3) is 8.17. The van der Waals surface area contributed by atoms with Crippen LogP contribution in [0.4, 0.5) is 0 Å². The topological polar surface area (TPSA) is 125 Å². The number of aromatic nitrogens is 4. The maximum atomic E-state index is 11.9. The summed E-state index contributed by atoms with van der Waals surface area (Å²) in [5, 5.41) is 15.2. The van der Waals surface area contributed by atoms with E-state index in [1.807, 2.05) is 69.9 Å². The molecule has 0 saturated heterocycles. The number of hydrogen-bond acceptors (Lipinski definition) is 5. The van der Waals surface area contributed by atoms with Crippen molar-refractivity contribution in [3.63, 3.8) is 0 Å². The first kappa shape index (κ1) is 30.1. The molecule has 37 heavy (non-hydrogen) atoms. The molecular weight excluding hydrogens is 508 g/mol. The number of aryl methyl sites for hydroxylation is 2. The molecule has 0 unspecified atom stereocenters. The zero-order valence-corrected chi connectivity index (χ0v) is 24.0. The Labute approximate surface area is 223 Å². The minimum atomic E-state index is -1.29. The molecule has 2 aromatic carbocycles. The summed E-state index contributed by atoms with van der Waals surface area (Å²) >= 11 is 0. The van der Waals surface area contributed by atoms with Crippen LogP contribution in [0.1, 0.15) is 50.5 Å². The summed E-state index contributed by atoms with van der Waals surface area (Å²) in [7, 11) is 1.23. The summed E-state index contributed by atoms with van der Waals surface area (Å²) in [6.45, 7) is 12.7. The van der Waals surface area contributed by atoms with Gasteiger partial charge in [0.15, 0.2) is 11.0 Å². The highest BCUT2D eigenvalue weighted by molar-refractivity contribution is 7.85. The average molecular weight is 544 g/mol. The molecule has 4 aromatic rings. The Morgan fingerprint density at radius 3 is 1.73 bits per heavy atom. The van der Waals surface area contributed by atoms with Gasteiger partial charge in [0.2, 0.25) is 0 Å². The molecule has 0 amide bonds. The first-order chi connectivity index (χ1) is 17.2. The number of aldehydes is 1. The lowest BCUT2D eigenvalue weighted by Crippen LogP contribution is -2.27. The lowest BCUT2D eigenvalue weighted by Gasteiger charge is -2.12. The first-order valence-corrected chi connectivity index (χ1v) is 13.7. The average Bonchev–Trinajstić information content (AvgIpc) is 3.40. The van der Waals surface area contributed by atoms with Crippen LogP contribution >= 0.6 is 0 Å². The molecule has 2 heterocycles. The van der Waals surface area contributed by atoms with Gasteiger partial charge in [-0.25, -0.2) is 13.6 Å². The quantitative estimate of drug-likeness (QED) is 0.236. The fraction of sp³-hybridized carbons (Fsp3) is 0.346. The van der Waals surface area contributed by atoms with Gasteiger partial charge in [0.25, 0.3) is 0 Å². The standard InChI is InChI=1S/C13H17N3OS.C9H8N2O.C4H10NOS/c1-13(2,3)18(17)15-8-10-6-5-7-12-11(10)9-14-16(12)4;1-11-9-4-2-3-7(6-12)8(9)5-10-11;1-4(2,3)7(5)6/h5-9H,1-4H3;2-6H,1H3;1,5H2,2-3H3/q;;+1/t18-;;7-/m1.1/s1. The Morgan fingerprint density at radius 2 is 1.32 bits per heavy atom. The molecule has 0 spiro atoms. The summed E-state index contributed by atoms with van der Waals surface area (Å²) in [6, 6.07) is 11.5. The summed E-state index contributed by atoms with van der Waals surface area (Å²) in [4.78, 5) is 10.6. The van der Waals surface area contributed by atoms with Crippen LogP contribution in [0.15, 0.2) is 53.2 Å². The molecule has 0 fully saturated rings. The molecule has 2 atom stereocenters. The van der Waals surface area contributed by atoms with Gasteiger partial charge in [0, 0.05) is 42.2 Å². The number of nitrogens with two attached hydrogens (primary N) is 1. The van der Waals surface area contributed by atoms with E-state index in [4.69, 9.17) is 5.14 Å². The smallest absolute Gasteiger partial charge is 0.187 e. The van der Waals surface area contributed by atoms with Gasteiger partial charge in [0.1, 0.15) is 22.0 Å². The monoisotopic (exact) mass is 543 g/mol. The maximum Gasteiger partial charge on any atom is 0.187 e. The lowest BCUT2D eigenvalue weighted by molar-refractivity contribution is 0.112. The van der Waals surface area contributed by atoms with E-state index in [1.54, 1.807) is 43.2 Å². The number of benzene rings is 2. The maximum absolute atomic E-state index is 11.9. The third-order valence-electron chi connectivity index (χ3n) is 5.13. The lowest BCUT2D eigenvalue weighted by atomic mass is 10.1. The predicted molar refractivity (Wildman–Crippen MR) is 154 cm³/mol. The predicted octanol–water partition coefficient (Wildman–Crippen LogP) is 4.06. The Morgan fingerprint density at radius 1 is 0.892 bits per heavy atom. The van der Waals surface area contributed by atoms with E-state index in [0.29, 0.717) is 5.56 Å². The van der Waals surface area contributed by atoms with Crippen molar-refractivity contribution in [2.24, 2.45) is 23.6 Å². The van der Waals surface area contributed by atoms with Gasteiger partial charge >= 0.3 is 0 Å². The number of hydrogen-bond donors (Lipinski definition) is 1. The van der Waals surface area contributed by atoms with Crippen LogP contribution in [0.3, 0.4) is 0 Å². The van der Waals surface area contributed by atoms with Gasteiger partial charge in [-0.15, -0.1) is 0 Å². The third-order valence-corrected chi connectivity index (χ3v) is 7.57. The van der Waals surface area contributed by atoms with Crippen LogP contribution in [0, 0.1) is 6.92 Å². The van der Waals surface area contributed by atoms with Crippen molar-refractivity contribution in [1.82, 2.24) is 19.6 Å². The van der Waals surface area contributed by atoms with E-state index in [-0.39, 0.29) is 4.75 Å². The second-order valence-electron chi connectivity index (χ2n) is 9.87. The van der Waals surface area contributed by atoms with Crippen LogP contribution in [0.2, 0.25) is 0 Å². The highest BCUT2D eigenvalue weighted by atomic mass is 32.2. The van der Waals surface area contributed by atoms with E-state index in [9.17, 15) is 13.2 Å². The Balaban J connectivity index is 0.000000218. The number of carbonyl (C=O) groups excluding carboxylic acids is 1. The summed E-state index contributed by atoms with van der Waals surface area (Å²) in [6.07, 6.45) is 6.03. The van der Waals surface area contributed by atoms with E-state index in [1.165, 1.54) is 0 Å². The number of nitrogens with zero attached hydrogens (tertiary/aromatic N) is 5. The molecule has 0 aliphatic carbocycles. The molecule has 0 aliphatic rings. The zero-order valence-electron chi connectivity index (χ0n) is 22.3. The van der Waals surface area contributed by atoms with Gasteiger partial charge in [0.05, 0.1) is 35.1 Å². The molecule has 0 aliphatic heterocycles. The van der Waals surface area contributed by atoms with Crippen LogP contribution in [-0.4, -0.2) is 50.0 Å². The molecule has 198 valence electrons. The van der Waals surface area contributed by atoms with Gasteiger partial charge in [-0.1, -0.05) is 24.3 Å². The molecule has 2 aromatic heterocycles. The van der Waals surface area contributed by atoms with Crippen molar-refractivity contribution >= 4 is 56.3 Å². The van der Waals surface area contributed by atoms with Gasteiger partial charge in [-0.05, 0) is 46.8 Å². The highest BCUT2D eigenvalue weighted by Gasteiger charge is 2.23. The van der Waals surface area contributed by atoms with Crippen LogP contribution in [-0.2, 0) is 36.1 Å². The summed E-state index contributed by atoms with van der Waals surface area (Å²) in [5.41, 5.74) is 3.67. The van der Waals surface area contributed by atoms with Crippen molar-refractivity contribution in [3.05, 3.63) is 66.8 Å². The van der Waals surface area contributed by atoms with Crippen molar-refractivity contribution in [2.75, 3.05) is 0 Å². The van der Waals surface area contributed by atoms with E-state index < -0.39 is 26.7 Å². The largest absolute Gasteiger partial charge is 0.298 e. The van der Waals surface area contributed by atoms with E-state index in [0.717, 1.165) is 33.7 Å². The van der Waals surface area contributed by atoms with Crippen molar-refractivity contribution in [2.45, 2.75) is 44.1 Å². The SMILES string of the molecule is Cn1ncc2c(C=N[S@](=O)C(C)(C)C)cccc21.Cn1ncc2c(C=O)cccc21.[CH2+]C(C)(C)[S@](N)=O. The minimum absolute atomic E-state index is 0.334. The Hall–Kier alpha value is -3.15. The molecular formula is C26H35N6O3S2+. The van der Waals surface area contributed by atoms with E-state index >= 15 is 0 Å². The Kier molecular flexibility index (Phi) is 10.1. The highest BCUT2D eigenvalue weighted by Crippen LogP contribution is 2.18. The zero-order chi connectivity index (χ0) is 28.0. The van der Waals surface area contributed by atoms with Crippen molar-refractivity contribution < 1.29 is 13.2 Å². The second-order valence-corrected chi connectivity index (χ2v) is 13.5. The van der Waals surface area contributed by atoms with Crippen LogP contribution in [0.25, 0.3) is 21.8 Å². The minimum Gasteiger partial charge on any atom is -0.298 e. The van der Waals surface area contributed by atoms with Gasteiger partial charge < -0.3 is 0 Å². The molecule has 9 nitrogen and oxygen atoms in total. The van der Waals surface area contributed by atoms with Crippen molar-refractivity contribution in [3.8, 4) is 0 Å². The van der Waals surface area contributed by atoms with Gasteiger partial charge in [-0.3, -0.25) is 14.2 Å². The number of carbonyl (C=O) groups is 1. The summed E-state index contributed by atoms with van der Waals surface area (Å²) in [5.74, 6) is 0. The first-order valence-electron chi connectivity index (χ1n) is 11.4. The fourth-order valence-electron chi connectivity index (χ4n) is 2.88. The molecule has 2 N–H and O–H groups in total. The van der Waals surface area contributed by atoms with Crippen LogP contribution < -0.4 is 5.14 Å². The molecule has 11 heteroatoms. The molecule has 0 bridgehead atoms. The second kappa shape index (κ2) is 12.4. The molecule has 0 saturated carbocycles. The molecule has 4 rings (SSSR count). The van der Waals surface area contributed by atoms with Crippen molar-refractivity contribution in [1.29, 1.82) is 0 Å². The fourth-order valence-corrected chi connectivity index (χ4v) is 3.40. The number of fused-ring (bicyclic) bond motifs is 2. The number of rotatable bonds is 4. The molecule has 0 radical (unpaired) electrons. The van der Waals surface area contributed by atoms with E-state index in [2.05, 4.69) is 21.5 Å². The normalized spacial score (nSPS) is 13.5. The van der Waals surface area contributed by atoms with Crippen LogP contribution in [0.5, 0.6) is 0 Å². The van der Waals surface area contributed by atoms with Gasteiger partial charge in [-0.2, -0.15) is 14.6 Å². The summed E-state index contributed by atoms with van der Waals surface area (Å²) < 4.78 is 29.0. The Bertz CT molecular complexity index is 1440.